The van der Waals surface area contributed by atoms with E-state index in [4.69, 9.17) is 0 Å². The molecule has 0 saturated heterocycles. The number of rotatable bonds is 3. The van der Waals surface area contributed by atoms with Crippen LogP contribution in [-0.4, -0.2) is 25.6 Å². The molecule has 0 aromatic carbocycles. The molecule has 1 saturated carbocycles. The van der Waals surface area contributed by atoms with E-state index in [1.165, 1.54) is 12.3 Å². The molecule has 1 aliphatic rings. The number of sulfone groups is 1. The van der Waals surface area contributed by atoms with Crippen LogP contribution in [0.25, 0.3) is 0 Å². The molecule has 92 valence electrons. The number of aromatic nitrogens is 1. The first-order valence-electron chi connectivity index (χ1n) is 5.35. The topological polar surface area (TPSA) is 76.1 Å². The highest BCUT2D eigenvalue weighted by molar-refractivity contribution is 7.90. The van der Waals surface area contributed by atoms with Crippen LogP contribution in [0, 0.1) is 11.8 Å². The lowest BCUT2D eigenvalue weighted by molar-refractivity contribution is -0.117. The molecule has 5 nitrogen and oxygen atoms in total. The number of hydrogen-bond donors (Lipinski definition) is 1. The summed E-state index contributed by atoms with van der Waals surface area (Å²) >= 11 is 0. The van der Waals surface area contributed by atoms with Crippen LogP contribution in [0.15, 0.2) is 23.4 Å². The molecule has 1 aromatic rings. The number of hydrogen-bond acceptors (Lipinski definition) is 4. The molecule has 1 aliphatic carbocycles. The first-order valence-corrected chi connectivity index (χ1v) is 7.24. The Morgan fingerprint density at radius 2 is 2.12 bits per heavy atom. The van der Waals surface area contributed by atoms with E-state index >= 15 is 0 Å². The monoisotopic (exact) mass is 254 g/mol. The summed E-state index contributed by atoms with van der Waals surface area (Å²) in [5.74, 6) is 0.509. The van der Waals surface area contributed by atoms with Crippen molar-refractivity contribution in [2.75, 3.05) is 11.6 Å². The third kappa shape index (κ3) is 2.82. The Morgan fingerprint density at radius 3 is 2.53 bits per heavy atom. The summed E-state index contributed by atoms with van der Waals surface area (Å²) in [6.45, 7) is 2.02. The van der Waals surface area contributed by atoms with E-state index in [-0.39, 0.29) is 16.9 Å². The summed E-state index contributed by atoms with van der Waals surface area (Å²) < 4.78 is 22.4. The van der Waals surface area contributed by atoms with Gasteiger partial charge in [-0.2, -0.15) is 0 Å². The normalized spacial score (nSPS) is 23.2. The van der Waals surface area contributed by atoms with Gasteiger partial charge in [-0.3, -0.25) is 4.79 Å². The van der Waals surface area contributed by atoms with Gasteiger partial charge in [-0.25, -0.2) is 13.4 Å². The first-order chi connectivity index (χ1) is 7.88. The zero-order valence-electron chi connectivity index (χ0n) is 9.67. The number of pyridine rings is 1. The number of carbonyl (C=O) groups excluding carboxylic acids is 1. The molecule has 0 bridgehead atoms. The molecule has 1 fully saturated rings. The maximum atomic E-state index is 11.6. The molecule has 0 radical (unpaired) electrons. The summed E-state index contributed by atoms with van der Waals surface area (Å²) in [7, 11) is -3.28. The lowest BCUT2D eigenvalue weighted by Crippen LogP contribution is -2.14. The smallest absolute Gasteiger partial charge is 0.227 e. The molecule has 1 heterocycles. The zero-order chi connectivity index (χ0) is 12.6. The standard InChI is InChI=1S/C11H14N2O3S/c1-7-5-9(7)11(14)13-8-3-4-10(12-6-8)17(2,15)16/h3-4,6-7,9H,5H2,1-2H3,(H,13,14)/t7-,9-/m0/s1. The van der Waals surface area contributed by atoms with Gasteiger partial charge in [-0.05, 0) is 24.5 Å². The van der Waals surface area contributed by atoms with Gasteiger partial charge in [-0.15, -0.1) is 0 Å². The molecular formula is C11H14N2O3S. The van der Waals surface area contributed by atoms with Crippen LogP contribution in [0.2, 0.25) is 0 Å². The number of anilines is 1. The second-order valence-corrected chi connectivity index (χ2v) is 6.43. The van der Waals surface area contributed by atoms with Gasteiger partial charge >= 0.3 is 0 Å². The molecule has 6 heteroatoms. The summed E-state index contributed by atoms with van der Waals surface area (Å²) in [4.78, 5) is 15.4. The molecule has 17 heavy (non-hydrogen) atoms. The number of nitrogens with zero attached hydrogens (tertiary/aromatic N) is 1. The maximum absolute atomic E-state index is 11.6. The third-order valence-corrected chi connectivity index (χ3v) is 3.83. The van der Waals surface area contributed by atoms with Crippen molar-refractivity contribution in [2.24, 2.45) is 11.8 Å². The number of carbonyl (C=O) groups is 1. The van der Waals surface area contributed by atoms with Gasteiger partial charge < -0.3 is 5.32 Å². The highest BCUT2D eigenvalue weighted by Crippen LogP contribution is 2.38. The Kier molecular flexibility index (Phi) is 2.91. The summed E-state index contributed by atoms with van der Waals surface area (Å²) in [5.41, 5.74) is 0.529. The van der Waals surface area contributed by atoms with E-state index in [0.29, 0.717) is 11.6 Å². The Labute approximate surface area is 100 Å². The van der Waals surface area contributed by atoms with E-state index in [9.17, 15) is 13.2 Å². The van der Waals surface area contributed by atoms with Crippen molar-refractivity contribution in [1.29, 1.82) is 0 Å². The minimum absolute atomic E-state index is 0.00953. The van der Waals surface area contributed by atoms with Gasteiger partial charge in [-0.1, -0.05) is 6.92 Å². The van der Waals surface area contributed by atoms with Crippen molar-refractivity contribution >= 4 is 21.4 Å². The molecule has 0 spiro atoms. The van der Waals surface area contributed by atoms with Crippen molar-refractivity contribution in [2.45, 2.75) is 18.4 Å². The summed E-state index contributed by atoms with van der Waals surface area (Å²) in [5, 5.41) is 2.73. The van der Waals surface area contributed by atoms with Crippen molar-refractivity contribution in [3.8, 4) is 0 Å². The fourth-order valence-electron chi connectivity index (χ4n) is 1.60. The van der Waals surface area contributed by atoms with Crippen LogP contribution in [0.4, 0.5) is 5.69 Å². The van der Waals surface area contributed by atoms with E-state index in [0.717, 1.165) is 12.7 Å². The van der Waals surface area contributed by atoms with E-state index < -0.39 is 9.84 Å². The Bertz CT molecular complexity index is 536. The highest BCUT2D eigenvalue weighted by Gasteiger charge is 2.39. The van der Waals surface area contributed by atoms with Crippen LogP contribution < -0.4 is 5.32 Å². The van der Waals surface area contributed by atoms with Gasteiger partial charge in [0, 0.05) is 12.2 Å². The van der Waals surface area contributed by atoms with Crippen LogP contribution >= 0.6 is 0 Å². The van der Waals surface area contributed by atoms with Gasteiger partial charge in [0.25, 0.3) is 0 Å². The van der Waals surface area contributed by atoms with Gasteiger partial charge in [0.15, 0.2) is 14.9 Å². The van der Waals surface area contributed by atoms with Crippen LogP contribution in [0.3, 0.4) is 0 Å². The molecule has 1 N–H and O–H groups in total. The minimum atomic E-state index is -3.28. The Hall–Kier alpha value is -1.43. The maximum Gasteiger partial charge on any atom is 0.227 e. The lowest BCUT2D eigenvalue weighted by Gasteiger charge is -2.04. The average molecular weight is 254 g/mol. The predicted octanol–water partition coefficient (Wildman–Crippen LogP) is 1.08. The molecular weight excluding hydrogens is 240 g/mol. The van der Waals surface area contributed by atoms with Gasteiger partial charge in [0.1, 0.15) is 0 Å². The minimum Gasteiger partial charge on any atom is -0.324 e. The van der Waals surface area contributed by atoms with Crippen LogP contribution in [0.1, 0.15) is 13.3 Å². The second kappa shape index (κ2) is 4.10. The van der Waals surface area contributed by atoms with Gasteiger partial charge in [0.05, 0.1) is 11.9 Å². The second-order valence-electron chi connectivity index (χ2n) is 4.47. The van der Waals surface area contributed by atoms with E-state index in [2.05, 4.69) is 10.3 Å². The van der Waals surface area contributed by atoms with Crippen LogP contribution in [-0.2, 0) is 14.6 Å². The largest absolute Gasteiger partial charge is 0.324 e. The summed E-state index contributed by atoms with van der Waals surface area (Å²) in [6, 6.07) is 2.94. The molecule has 1 aromatic heterocycles. The van der Waals surface area contributed by atoms with Crippen molar-refractivity contribution in [3.63, 3.8) is 0 Å². The predicted molar refractivity (Wildman–Crippen MR) is 63.2 cm³/mol. The summed E-state index contributed by atoms with van der Waals surface area (Å²) in [6.07, 6.45) is 3.38. The molecule has 2 rings (SSSR count). The first kappa shape index (κ1) is 12.0. The van der Waals surface area contributed by atoms with Gasteiger partial charge in [0.2, 0.25) is 5.91 Å². The molecule has 0 aliphatic heterocycles. The van der Waals surface area contributed by atoms with Crippen molar-refractivity contribution in [3.05, 3.63) is 18.3 Å². The van der Waals surface area contributed by atoms with Crippen molar-refractivity contribution in [1.82, 2.24) is 4.98 Å². The Balaban J connectivity index is 2.06. The fraction of sp³-hybridized carbons (Fsp3) is 0.455. The molecule has 1 amide bonds. The molecule has 2 atom stereocenters. The van der Waals surface area contributed by atoms with Crippen LogP contribution in [0.5, 0.6) is 0 Å². The SMILES string of the molecule is C[C@H]1C[C@@H]1C(=O)Nc1ccc(S(C)(=O)=O)nc1. The van der Waals surface area contributed by atoms with Crippen molar-refractivity contribution < 1.29 is 13.2 Å². The zero-order valence-corrected chi connectivity index (χ0v) is 10.5. The quantitative estimate of drug-likeness (QED) is 0.875. The van der Waals surface area contributed by atoms with E-state index in [1.807, 2.05) is 6.92 Å². The molecule has 0 unspecified atom stereocenters. The third-order valence-electron chi connectivity index (χ3n) is 2.83. The fourth-order valence-corrected chi connectivity index (χ4v) is 2.16. The lowest BCUT2D eigenvalue weighted by atomic mass is 10.3. The van der Waals surface area contributed by atoms with E-state index in [1.54, 1.807) is 6.07 Å². The number of nitrogens with one attached hydrogen (secondary N) is 1. The Morgan fingerprint density at radius 1 is 1.47 bits per heavy atom. The number of amides is 1. The highest BCUT2D eigenvalue weighted by atomic mass is 32.2. The average Bonchev–Trinajstić information content (AvgIpc) is 2.95.